The minimum absolute atomic E-state index is 0.127. The Balaban J connectivity index is 1.91. The Morgan fingerprint density at radius 2 is 2.11 bits per heavy atom. The number of allylic oxidation sites excluding steroid dienone is 2. The van der Waals surface area contributed by atoms with E-state index in [0.717, 1.165) is 6.29 Å². The molecule has 0 fully saturated rings. The van der Waals surface area contributed by atoms with Crippen molar-refractivity contribution >= 4 is 6.29 Å². The van der Waals surface area contributed by atoms with Crippen molar-refractivity contribution in [2.24, 2.45) is 0 Å². The second-order valence-corrected chi connectivity index (χ2v) is 3.95. The van der Waals surface area contributed by atoms with Gasteiger partial charge < -0.3 is 4.74 Å². The molecule has 6 nitrogen and oxygen atoms in total. The quantitative estimate of drug-likeness (QED) is 0.770. The average molecular weight is 254 g/mol. The van der Waals surface area contributed by atoms with E-state index in [1.165, 1.54) is 11.0 Å². The number of aldehydes is 1. The topological polar surface area (TPSA) is 69.9 Å². The maximum atomic E-state index is 11.1. The van der Waals surface area contributed by atoms with Gasteiger partial charge in [0.15, 0.2) is 6.29 Å². The third kappa shape index (κ3) is 2.28. The molecular weight excluding hydrogens is 244 g/mol. The zero-order valence-electron chi connectivity index (χ0n) is 9.88. The highest BCUT2D eigenvalue weighted by molar-refractivity contribution is 5.80. The van der Waals surface area contributed by atoms with Crippen LogP contribution in [0.15, 0.2) is 48.8 Å². The Kier molecular flexibility index (Phi) is 2.89. The number of carbonyl (C=O) groups is 1. The van der Waals surface area contributed by atoms with Crippen LogP contribution in [-0.2, 0) is 0 Å². The molecule has 0 amide bonds. The second kappa shape index (κ2) is 4.85. The predicted molar refractivity (Wildman–Crippen MR) is 67.2 cm³/mol. The van der Waals surface area contributed by atoms with Crippen LogP contribution >= 0.6 is 0 Å². The van der Waals surface area contributed by atoms with E-state index in [1.54, 1.807) is 18.2 Å². The van der Waals surface area contributed by atoms with Crippen molar-refractivity contribution in [3.8, 4) is 11.4 Å². The Morgan fingerprint density at radius 3 is 2.79 bits per heavy atom. The van der Waals surface area contributed by atoms with E-state index < -0.39 is 0 Å². The van der Waals surface area contributed by atoms with E-state index >= 15 is 0 Å². The summed E-state index contributed by atoms with van der Waals surface area (Å²) in [6.07, 6.45) is 9.71. The number of nitrogens with zero attached hydrogens (tertiary/aromatic N) is 4. The lowest BCUT2D eigenvalue weighted by Crippen LogP contribution is -2.09. The molecule has 0 spiro atoms. The van der Waals surface area contributed by atoms with Gasteiger partial charge in [-0.05, 0) is 40.8 Å². The first kappa shape index (κ1) is 11.3. The Hall–Kier alpha value is -2.76. The molecule has 0 aliphatic heterocycles. The second-order valence-electron chi connectivity index (χ2n) is 3.95. The van der Waals surface area contributed by atoms with Gasteiger partial charge in [-0.15, -0.1) is 5.10 Å². The third-order valence-electron chi connectivity index (χ3n) is 2.71. The van der Waals surface area contributed by atoms with Crippen LogP contribution in [0.2, 0.25) is 0 Å². The number of benzene rings is 1. The minimum atomic E-state index is -0.127. The molecule has 0 bridgehead atoms. The smallest absolute Gasteiger partial charge is 0.153 e. The lowest BCUT2D eigenvalue weighted by atomic mass is 10.2. The van der Waals surface area contributed by atoms with E-state index in [9.17, 15) is 4.79 Å². The molecule has 1 aliphatic rings. The summed E-state index contributed by atoms with van der Waals surface area (Å²) in [5.74, 6) is 0.535. The summed E-state index contributed by atoms with van der Waals surface area (Å²) in [7, 11) is 0. The molecule has 0 atom stereocenters. The van der Waals surface area contributed by atoms with Crippen molar-refractivity contribution in [2.75, 3.05) is 0 Å². The van der Waals surface area contributed by atoms with Crippen molar-refractivity contribution in [1.82, 2.24) is 20.2 Å². The van der Waals surface area contributed by atoms with Crippen LogP contribution in [-0.4, -0.2) is 32.6 Å². The van der Waals surface area contributed by atoms with E-state index in [0.29, 0.717) is 17.0 Å². The lowest BCUT2D eigenvalue weighted by Gasteiger charge is -2.12. The highest BCUT2D eigenvalue weighted by Gasteiger charge is 2.11. The van der Waals surface area contributed by atoms with Gasteiger partial charge in [0.25, 0.3) is 0 Å². The Labute approximate surface area is 109 Å². The number of rotatable bonds is 4. The number of ether oxygens (including phenoxy) is 1. The number of hydrogen-bond acceptors (Lipinski definition) is 5. The number of aromatic nitrogens is 4. The van der Waals surface area contributed by atoms with Crippen LogP contribution in [0, 0.1) is 0 Å². The summed E-state index contributed by atoms with van der Waals surface area (Å²) in [4.78, 5) is 11.1. The first-order valence-corrected chi connectivity index (χ1v) is 5.71. The molecule has 0 saturated heterocycles. The van der Waals surface area contributed by atoms with Crippen LogP contribution in [0.3, 0.4) is 0 Å². The predicted octanol–water partition coefficient (Wildman–Crippen LogP) is 1.35. The van der Waals surface area contributed by atoms with Crippen LogP contribution in [0.1, 0.15) is 10.4 Å². The van der Waals surface area contributed by atoms with Gasteiger partial charge >= 0.3 is 0 Å². The summed E-state index contributed by atoms with van der Waals surface area (Å²) in [6.45, 7) is 0. The number of hydrogen-bond donors (Lipinski definition) is 0. The first-order valence-electron chi connectivity index (χ1n) is 5.71. The van der Waals surface area contributed by atoms with Gasteiger partial charge in [-0.25, -0.2) is 4.68 Å². The van der Waals surface area contributed by atoms with E-state index in [1.807, 2.05) is 24.3 Å². The summed E-state index contributed by atoms with van der Waals surface area (Å²) < 4.78 is 7.18. The first-order chi connectivity index (χ1) is 9.36. The van der Waals surface area contributed by atoms with Crippen molar-refractivity contribution in [3.05, 3.63) is 54.4 Å². The fraction of sp³-hybridized carbons (Fsp3) is 0.0769. The van der Waals surface area contributed by atoms with Gasteiger partial charge in [-0.3, -0.25) is 4.79 Å². The monoisotopic (exact) mass is 254 g/mol. The van der Waals surface area contributed by atoms with Crippen LogP contribution < -0.4 is 4.74 Å². The maximum absolute atomic E-state index is 11.1. The molecule has 3 rings (SSSR count). The molecule has 94 valence electrons. The average Bonchev–Trinajstić information content (AvgIpc) is 3.12. The molecule has 19 heavy (non-hydrogen) atoms. The van der Waals surface area contributed by atoms with E-state index in [-0.39, 0.29) is 6.10 Å². The maximum Gasteiger partial charge on any atom is 0.153 e. The zero-order chi connectivity index (χ0) is 13.1. The highest BCUT2D eigenvalue weighted by Crippen LogP contribution is 2.22. The summed E-state index contributed by atoms with van der Waals surface area (Å²) in [6, 6.07) is 5.21. The fourth-order valence-electron chi connectivity index (χ4n) is 1.79. The SMILES string of the molecule is O=Cc1cc(-n2cnnn2)ccc1OC1C=CC=C1. The van der Waals surface area contributed by atoms with Crippen molar-refractivity contribution < 1.29 is 9.53 Å². The Bertz CT molecular complexity index is 635. The normalized spacial score (nSPS) is 13.9. The van der Waals surface area contributed by atoms with Crippen molar-refractivity contribution in [1.29, 1.82) is 0 Å². The van der Waals surface area contributed by atoms with E-state index in [2.05, 4.69) is 15.5 Å². The Morgan fingerprint density at radius 1 is 1.26 bits per heavy atom. The third-order valence-corrected chi connectivity index (χ3v) is 2.71. The zero-order valence-corrected chi connectivity index (χ0v) is 9.88. The minimum Gasteiger partial charge on any atom is -0.481 e. The van der Waals surface area contributed by atoms with Crippen molar-refractivity contribution in [3.63, 3.8) is 0 Å². The van der Waals surface area contributed by atoms with Crippen molar-refractivity contribution in [2.45, 2.75) is 6.10 Å². The van der Waals surface area contributed by atoms with Crippen LogP contribution in [0.5, 0.6) is 5.75 Å². The molecular formula is C13H10N4O2. The molecule has 1 aromatic carbocycles. The number of tetrazole rings is 1. The van der Waals surface area contributed by atoms with Gasteiger partial charge in [0.1, 0.15) is 18.2 Å². The van der Waals surface area contributed by atoms with Crippen LogP contribution in [0.4, 0.5) is 0 Å². The summed E-state index contributed by atoms with van der Waals surface area (Å²) in [5, 5.41) is 10.9. The standard InChI is InChI=1S/C13H10N4O2/c18-8-10-7-11(17-9-14-15-16-17)5-6-13(10)19-12-3-1-2-4-12/h1-9,12H. The molecule has 1 heterocycles. The van der Waals surface area contributed by atoms with Gasteiger partial charge in [0, 0.05) is 0 Å². The largest absolute Gasteiger partial charge is 0.481 e. The molecule has 0 unspecified atom stereocenters. The fourth-order valence-corrected chi connectivity index (χ4v) is 1.79. The highest BCUT2D eigenvalue weighted by atomic mass is 16.5. The lowest BCUT2D eigenvalue weighted by molar-refractivity contribution is 0.111. The molecule has 2 aromatic rings. The molecule has 1 aliphatic carbocycles. The molecule has 6 heteroatoms. The van der Waals surface area contributed by atoms with Crippen LogP contribution in [0.25, 0.3) is 5.69 Å². The number of carbonyl (C=O) groups excluding carboxylic acids is 1. The van der Waals surface area contributed by atoms with E-state index in [4.69, 9.17) is 4.74 Å². The molecule has 0 radical (unpaired) electrons. The van der Waals surface area contributed by atoms with Gasteiger partial charge in [-0.1, -0.05) is 12.2 Å². The van der Waals surface area contributed by atoms with Gasteiger partial charge in [0.2, 0.25) is 0 Å². The summed E-state index contributed by atoms with van der Waals surface area (Å²) >= 11 is 0. The van der Waals surface area contributed by atoms with Gasteiger partial charge in [0.05, 0.1) is 11.3 Å². The molecule has 0 saturated carbocycles. The molecule has 0 N–H and O–H groups in total. The molecule has 1 aromatic heterocycles. The van der Waals surface area contributed by atoms with Gasteiger partial charge in [-0.2, -0.15) is 0 Å². The summed E-state index contributed by atoms with van der Waals surface area (Å²) in [5.41, 5.74) is 1.17.